The third-order valence-corrected chi connectivity index (χ3v) is 3.24. The lowest BCUT2D eigenvalue weighted by Gasteiger charge is -2.13. The van der Waals surface area contributed by atoms with E-state index in [0.29, 0.717) is 5.75 Å². The van der Waals surface area contributed by atoms with Gasteiger partial charge in [-0.1, -0.05) is 7.43 Å². The molecule has 2 rings (SSSR count). The van der Waals surface area contributed by atoms with Gasteiger partial charge in [-0.2, -0.15) is 4.98 Å². The minimum absolute atomic E-state index is 0. The average Bonchev–Trinajstić information content (AvgIpc) is 2.71. The molecule has 3 N–H and O–H groups in total. The van der Waals surface area contributed by atoms with Gasteiger partial charge in [0.2, 0.25) is 0 Å². The van der Waals surface area contributed by atoms with Crippen molar-refractivity contribution in [2.45, 2.75) is 19.1 Å². The van der Waals surface area contributed by atoms with Crippen LogP contribution in [-0.2, 0) is 4.74 Å². The monoisotopic (exact) mass is 263 g/mol. The lowest BCUT2D eigenvalue weighted by Crippen LogP contribution is -2.29. The van der Waals surface area contributed by atoms with Gasteiger partial charge in [-0.3, -0.25) is 4.57 Å². The zero-order valence-electron chi connectivity index (χ0n) is 8.17. The highest BCUT2D eigenvalue weighted by atomic mass is 32.2. The van der Waals surface area contributed by atoms with Gasteiger partial charge in [-0.25, -0.2) is 9.18 Å². The summed E-state index contributed by atoms with van der Waals surface area (Å²) in [6.07, 6.45) is 0.354. The smallest absolute Gasteiger partial charge is 0.351 e. The Morgan fingerprint density at radius 3 is 3.06 bits per heavy atom. The molecule has 96 valence electrons. The number of ether oxygens (including phenoxy) is 1. The van der Waals surface area contributed by atoms with Gasteiger partial charge < -0.3 is 15.6 Å². The molecular formula is C9H14FN3O3S. The van der Waals surface area contributed by atoms with E-state index in [2.05, 4.69) is 4.98 Å². The Morgan fingerprint density at radius 1 is 1.76 bits per heavy atom. The predicted molar refractivity (Wildman–Crippen MR) is 63.1 cm³/mol. The largest absolute Gasteiger partial charge is 0.393 e. The van der Waals surface area contributed by atoms with Crippen LogP contribution in [0.15, 0.2) is 11.0 Å². The summed E-state index contributed by atoms with van der Waals surface area (Å²) in [5.41, 5.74) is 4.10. The van der Waals surface area contributed by atoms with Crippen molar-refractivity contribution in [1.29, 1.82) is 0 Å². The first-order valence-electron chi connectivity index (χ1n) is 4.54. The number of nitrogens with zero attached hydrogens (tertiary/aromatic N) is 2. The van der Waals surface area contributed by atoms with E-state index in [1.165, 1.54) is 11.8 Å². The van der Waals surface area contributed by atoms with Gasteiger partial charge in [0.1, 0.15) is 11.7 Å². The maximum atomic E-state index is 13.1. The average molecular weight is 263 g/mol. The Hall–Kier alpha value is -1.12. The first-order valence-corrected chi connectivity index (χ1v) is 5.58. The van der Waals surface area contributed by atoms with Gasteiger partial charge >= 0.3 is 5.69 Å². The van der Waals surface area contributed by atoms with Crippen molar-refractivity contribution in [2.75, 3.05) is 18.1 Å². The van der Waals surface area contributed by atoms with Crippen LogP contribution in [0.2, 0.25) is 0 Å². The number of aliphatic hydroxyl groups excluding tert-OH is 1. The number of hydrogen-bond donors (Lipinski definition) is 2. The van der Waals surface area contributed by atoms with E-state index in [0.717, 1.165) is 10.8 Å². The number of nitrogen functional groups attached to an aromatic ring is 1. The molecule has 1 aliphatic heterocycles. The van der Waals surface area contributed by atoms with E-state index in [-0.39, 0.29) is 14.0 Å². The van der Waals surface area contributed by atoms with E-state index in [1.807, 2.05) is 0 Å². The second kappa shape index (κ2) is 5.48. The molecule has 1 aliphatic rings. The highest BCUT2D eigenvalue weighted by molar-refractivity contribution is 8.00. The molecule has 1 saturated heterocycles. The Kier molecular flexibility index (Phi) is 4.49. The third-order valence-electron chi connectivity index (χ3n) is 2.13. The highest BCUT2D eigenvalue weighted by Gasteiger charge is 2.27. The Labute approximate surface area is 102 Å². The number of halogens is 1. The topological polar surface area (TPSA) is 90.4 Å². The number of anilines is 1. The quantitative estimate of drug-likeness (QED) is 0.791. The van der Waals surface area contributed by atoms with Crippen LogP contribution in [0.3, 0.4) is 0 Å². The molecule has 17 heavy (non-hydrogen) atoms. The molecule has 0 saturated carbocycles. The van der Waals surface area contributed by atoms with Crippen LogP contribution in [0.5, 0.6) is 0 Å². The summed E-state index contributed by atoms with van der Waals surface area (Å²) >= 11 is 1.35. The van der Waals surface area contributed by atoms with Crippen LogP contribution in [0.4, 0.5) is 10.2 Å². The first-order chi connectivity index (χ1) is 7.61. The number of rotatable bonds is 2. The number of nitrogens with two attached hydrogens (primary N) is 1. The summed E-state index contributed by atoms with van der Waals surface area (Å²) in [5, 5.41) is 8.86. The van der Waals surface area contributed by atoms with E-state index >= 15 is 0 Å². The number of hydrogen-bond acceptors (Lipinski definition) is 6. The summed E-state index contributed by atoms with van der Waals surface area (Å²) in [4.78, 5) is 14.8. The van der Waals surface area contributed by atoms with E-state index in [9.17, 15) is 9.18 Å². The molecule has 0 aliphatic carbocycles. The van der Waals surface area contributed by atoms with Gasteiger partial charge in [0.05, 0.1) is 12.8 Å². The fourth-order valence-electron chi connectivity index (χ4n) is 1.35. The number of thioether (sulfide) groups is 1. The molecule has 1 aromatic rings. The minimum Gasteiger partial charge on any atom is -0.393 e. The molecule has 2 heterocycles. The molecule has 0 spiro atoms. The van der Waals surface area contributed by atoms with Crippen molar-refractivity contribution >= 4 is 17.6 Å². The highest BCUT2D eigenvalue weighted by Crippen LogP contribution is 2.30. The first kappa shape index (κ1) is 13.9. The van der Waals surface area contributed by atoms with Crippen molar-refractivity contribution in [2.24, 2.45) is 0 Å². The lowest BCUT2D eigenvalue weighted by molar-refractivity contribution is -0.00677. The Balaban J connectivity index is 0.00000144. The number of aromatic nitrogens is 2. The van der Waals surface area contributed by atoms with Gasteiger partial charge in [-0.05, 0) is 0 Å². The molecule has 1 fully saturated rings. The SMILES string of the molecule is C.Nc1nc(=O)n([C@@H]2CS[C@H](CO)O2)cc1F. The Bertz CT molecular complexity index is 454. The Morgan fingerprint density at radius 2 is 2.47 bits per heavy atom. The molecular weight excluding hydrogens is 249 g/mol. The normalized spacial score (nSPS) is 23.4. The van der Waals surface area contributed by atoms with Crippen LogP contribution >= 0.6 is 11.8 Å². The fraction of sp³-hybridized carbons (Fsp3) is 0.556. The lowest BCUT2D eigenvalue weighted by atomic mass is 10.5. The standard InChI is InChI=1S/C8H10FN3O3S.CH4/c9-4-1-12(8(14)11-7(4)10)5-3-16-6(2-13)15-5;/h1,5-6,13H,2-3H2,(H2,10,11,14);1H4/t5-,6+;/m0./s1. The molecule has 1 aromatic heterocycles. The summed E-state index contributed by atoms with van der Waals surface area (Å²) in [6.45, 7) is -0.152. The van der Waals surface area contributed by atoms with Crippen molar-refractivity contribution in [3.8, 4) is 0 Å². The van der Waals surface area contributed by atoms with Crippen molar-refractivity contribution in [1.82, 2.24) is 9.55 Å². The van der Waals surface area contributed by atoms with Crippen molar-refractivity contribution < 1.29 is 14.2 Å². The van der Waals surface area contributed by atoms with E-state index in [4.69, 9.17) is 15.6 Å². The molecule has 2 atom stereocenters. The third kappa shape index (κ3) is 2.76. The second-order valence-corrected chi connectivity index (χ2v) is 4.39. The molecule has 0 aromatic carbocycles. The predicted octanol–water partition coefficient (Wildman–Crippen LogP) is 0.181. The summed E-state index contributed by atoms with van der Waals surface area (Å²) in [6, 6.07) is 0. The van der Waals surface area contributed by atoms with Crippen molar-refractivity contribution in [3.63, 3.8) is 0 Å². The van der Waals surface area contributed by atoms with E-state index < -0.39 is 29.0 Å². The number of aliphatic hydroxyl groups is 1. The van der Waals surface area contributed by atoms with Gasteiger partial charge in [0.15, 0.2) is 11.6 Å². The van der Waals surface area contributed by atoms with Crippen molar-refractivity contribution in [3.05, 3.63) is 22.5 Å². The van der Waals surface area contributed by atoms with Gasteiger partial charge in [0, 0.05) is 5.75 Å². The minimum atomic E-state index is -0.763. The molecule has 0 unspecified atom stereocenters. The van der Waals surface area contributed by atoms with Gasteiger partial charge in [-0.15, -0.1) is 11.8 Å². The van der Waals surface area contributed by atoms with Crippen LogP contribution in [-0.4, -0.2) is 32.5 Å². The van der Waals surface area contributed by atoms with E-state index in [1.54, 1.807) is 0 Å². The second-order valence-electron chi connectivity index (χ2n) is 3.20. The maximum Gasteiger partial charge on any atom is 0.351 e. The molecule has 0 amide bonds. The molecule has 0 bridgehead atoms. The van der Waals surface area contributed by atoms with Crippen LogP contribution in [0.1, 0.15) is 13.7 Å². The fourth-order valence-corrected chi connectivity index (χ4v) is 2.28. The summed E-state index contributed by atoms with van der Waals surface area (Å²) in [5.74, 6) is -0.734. The van der Waals surface area contributed by atoms with Crippen LogP contribution < -0.4 is 11.4 Å². The summed E-state index contributed by atoms with van der Waals surface area (Å²) < 4.78 is 19.5. The molecule has 6 nitrogen and oxygen atoms in total. The maximum absolute atomic E-state index is 13.1. The molecule has 8 heteroatoms. The van der Waals surface area contributed by atoms with Crippen LogP contribution in [0, 0.1) is 5.82 Å². The zero-order valence-corrected chi connectivity index (χ0v) is 8.98. The summed E-state index contributed by atoms with van der Waals surface area (Å²) in [7, 11) is 0. The zero-order chi connectivity index (χ0) is 11.7. The van der Waals surface area contributed by atoms with Crippen LogP contribution in [0.25, 0.3) is 0 Å². The molecule has 0 radical (unpaired) electrons. The van der Waals surface area contributed by atoms with Gasteiger partial charge in [0.25, 0.3) is 0 Å².